The van der Waals surface area contributed by atoms with Crippen molar-refractivity contribution in [1.82, 2.24) is 4.98 Å². The molecule has 0 unspecified atom stereocenters. The van der Waals surface area contributed by atoms with Gasteiger partial charge in [-0.1, -0.05) is 6.07 Å². The van der Waals surface area contributed by atoms with Crippen molar-refractivity contribution in [3.05, 3.63) is 40.4 Å². The van der Waals surface area contributed by atoms with E-state index in [0.717, 1.165) is 10.9 Å². The van der Waals surface area contributed by atoms with Crippen LogP contribution in [0.3, 0.4) is 0 Å². The maximum atomic E-state index is 3.97. The average molecular weight is 251 g/mol. The summed E-state index contributed by atoms with van der Waals surface area (Å²) in [4.78, 5) is 3.40. The predicted octanol–water partition coefficient (Wildman–Crippen LogP) is 3.92. The van der Waals surface area contributed by atoms with Gasteiger partial charge in [0.15, 0.2) is 0 Å². The van der Waals surface area contributed by atoms with E-state index in [2.05, 4.69) is 53.8 Å². The highest BCUT2D eigenvalue weighted by Crippen LogP contribution is 2.31. The molecule has 0 aliphatic heterocycles. The second kappa shape index (κ2) is 3.43. The van der Waals surface area contributed by atoms with Crippen LogP contribution in [0, 0.1) is 20.8 Å². The highest BCUT2D eigenvalue weighted by atomic mass is 79.9. The Morgan fingerprint density at radius 2 is 2.07 bits per heavy atom. The Labute approximate surface area is 92.6 Å². The number of halogens is 1. The van der Waals surface area contributed by atoms with Gasteiger partial charge in [0.1, 0.15) is 0 Å². The lowest BCUT2D eigenvalue weighted by Gasteiger charge is -2.01. The van der Waals surface area contributed by atoms with E-state index in [1.807, 2.05) is 0 Å². The summed E-state index contributed by atoms with van der Waals surface area (Å²) >= 11 is 3.56. The Balaban J connectivity index is 2.93. The Morgan fingerprint density at radius 1 is 1.36 bits per heavy atom. The molecule has 2 rings (SSSR count). The zero-order chi connectivity index (χ0) is 10.3. The zero-order valence-electron chi connectivity index (χ0n) is 8.45. The van der Waals surface area contributed by atoms with E-state index in [0.29, 0.717) is 0 Å². The summed E-state index contributed by atoms with van der Waals surface area (Å²) in [5, 5.41) is 1.33. The molecule has 0 saturated carbocycles. The second-order valence-electron chi connectivity index (χ2n) is 3.59. The number of hydrogen-bond donors (Lipinski definition) is 1. The Kier molecular flexibility index (Phi) is 2.40. The van der Waals surface area contributed by atoms with Crippen LogP contribution in [-0.4, -0.2) is 4.98 Å². The number of fused-ring (bicyclic) bond motifs is 1. The molecule has 0 saturated heterocycles. The molecule has 0 atom stereocenters. The van der Waals surface area contributed by atoms with Crippen molar-refractivity contribution in [3.63, 3.8) is 0 Å². The van der Waals surface area contributed by atoms with E-state index < -0.39 is 0 Å². The van der Waals surface area contributed by atoms with E-state index in [9.17, 15) is 0 Å². The molecule has 1 radical (unpaired) electrons. The fourth-order valence-electron chi connectivity index (χ4n) is 1.96. The minimum Gasteiger partial charge on any atom is -0.357 e. The molecule has 0 bridgehead atoms. The van der Waals surface area contributed by atoms with Crippen LogP contribution in [0.15, 0.2) is 16.6 Å². The number of H-pyrrole nitrogens is 1. The highest BCUT2D eigenvalue weighted by molar-refractivity contribution is 9.10. The summed E-state index contributed by atoms with van der Waals surface area (Å²) in [5.41, 5.74) is 5.07. The first kappa shape index (κ1) is 9.78. The first-order valence-electron chi connectivity index (χ1n) is 4.70. The molecule has 1 aromatic heterocycles. The van der Waals surface area contributed by atoms with Crippen molar-refractivity contribution in [2.45, 2.75) is 20.3 Å². The van der Waals surface area contributed by atoms with Crippen LogP contribution in [0.4, 0.5) is 0 Å². The molecule has 1 aromatic carbocycles. The van der Waals surface area contributed by atoms with Gasteiger partial charge in [0, 0.05) is 15.6 Å². The van der Waals surface area contributed by atoms with Gasteiger partial charge in [-0.05, 0) is 60.3 Å². The third-order valence-electron chi connectivity index (χ3n) is 2.68. The van der Waals surface area contributed by atoms with Crippen LogP contribution < -0.4 is 0 Å². The fourth-order valence-corrected chi connectivity index (χ4v) is 2.38. The monoisotopic (exact) mass is 250 g/mol. The number of rotatable bonds is 1. The van der Waals surface area contributed by atoms with Gasteiger partial charge >= 0.3 is 0 Å². The van der Waals surface area contributed by atoms with E-state index >= 15 is 0 Å². The van der Waals surface area contributed by atoms with Crippen LogP contribution in [0.2, 0.25) is 0 Å². The molecule has 0 amide bonds. The number of benzene rings is 1. The van der Waals surface area contributed by atoms with Crippen molar-refractivity contribution >= 4 is 26.8 Å². The SMILES string of the molecule is [CH2]Cc1c(C)[nH]c2c(Br)ccc(C)c12. The van der Waals surface area contributed by atoms with Crippen molar-refractivity contribution < 1.29 is 0 Å². The van der Waals surface area contributed by atoms with E-state index in [4.69, 9.17) is 0 Å². The van der Waals surface area contributed by atoms with Gasteiger partial charge in [-0.25, -0.2) is 0 Å². The number of aromatic nitrogens is 1. The molecule has 2 aromatic rings. The number of nitrogens with one attached hydrogen (secondary N) is 1. The molecule has 1 nitrogen and oxygen atoms in total. The Hall–Kier alpha value is -0.760. The Morgan fingerprint density at radius 3 is 2.71 bits per heavy atom. The third-order valence-corrected chi connectivity index (χ3v) is 3.34. The van der Waals surface area contributed by atoms with Crippen LogP contribution in [0.25, 0.3) is 10.9 Å². The molecule has 0 aliphatic rings. The van der Waals surface area contributed by atoms with Crippen LogP contribution in [0.1, 0.15) is 16.8 Å². The van der Waals surface area contributed by atoms with Gasteiger partial charge in [-0.3, -0.25) is 0 Å². The van der Waals surface area contributed by atoms with Gasteiger partial charge in [0.05, 0.1) is 5.52 Å². The minimum atomic E-state index is 0.836. The lowest BCUT2D eigenvalue weighted by Crippen LogP contribution is -1.83. The van der Waals surface area contributed by atoms with E-state index in [1.54, 1.807) is 0 Å². The summed E-state index contributed by atoms with van der Waals surface area (Å²) < 4.78 is 1.13. The van der Waals surface area contributed by atoms with Crippen molar-refractivity contribution in [3.8, 4) is 0 Å². The molecular weight excluding hydrogens is 238 g/mol. The lowest BCUT2D eigenvalue weighted by molar-refractivity contribution is 1.19. The zero-order valence-corrected chi connectivity index (χ0v) is 10.0. The normalized spacial score (nSPS) is 11.1. The maximum absolute atomic E-state index is 3.97. The first-order valence-corrected chi connectivity index (χ1v) is 5.50. The minimum absolute atomic E-state index is 0.836. The largest absolute Gasteiger partial charge is 0.357 e. The van der Waals surface area contributed by atoms with Gasteiger partial charge in [0.25, 0.3) is 0 Å². The topological polar surface area (TPSA) is 15.8 Å². The first-order chi connectivity index (χ1) is 6.65. The van der Waals surface area contributed by atoms with Gasteiger partial charge in [-0.15, -0.1) is 0 Å². The standard InChI is InChI=1S/C12H13BrN/c1-4-9-8(3)14-12-10(13)6-5-7(2)11(9)12/h5-6,14H,1,4H2,2-3H3. The summed E-state index contributed by atoms with van der Waals surface area (Å²) in [6.07, 6.45) is 0.836. The lowest BCUT2D eigenvalue weighted by atomic mass is 10.0. The fraction of sp³-hybridized carbons (Fsp3) is 0.250. The quantitative estimate of drug-likeness (QED) is 0.790. The summed E-state index contributed by atoms with van der Waals surface area (Å²) in [6.45, 7) is 8.22. The van der Waals surface area contributed by atoms with Crippen molar-refractivity contribution in [1.29, 1.82) is 0 Å². The average Bonchev–Trinajstić information content (AvgIpc) is 2.50. The van der Waals surface area contributed by atoms with E-state index in [-0.39, 0.29) is 0 Å². The molecule has 0 fully saturated rings. The molecular formula is C12H13BrN. The van der Waals surface area contributed by atoms with E-state index in [1.165, 1.54) is 27.7 Å². The van der Waals surface area contributed by atoms with Crippen molar-refractivity contribution in [2.24, 2.45) is 0 Å². The highest BCUT2D eigenvalue weighted by Gasteiger charge is 2.10. The molecule has 14 heavy (non-hydrogen) atoms. The summed E-state index contributed by atoms with van der Waals surface area (Å²) in [6, 6.07) is 4.22. The van der Waals surface area contributed by atoms with Crippen LogP contribution in [0.5, 0.6) is 0 Å². The third kappa shape index (κ3) is 1.29. The number of aryl methyl sites for hydroxylation is 2. The summed E-state index contributed by atoms with van der Waals surface area (Å²) in [7, 11) is 0. The van der Waals surface area contributed by atoms with Gasteiger partial charge < -0.3 is 4.98 Å². The maximum Gasteiger partial charge on any atom is 0.0605 e. The number of aromatic amines is 1. The molecule has 1 N–H and O–H groups in total. The predicted molar refractivity (Wildman–Crippen MR) is 64.5 cm³/mol. The number of hydrogen-bond acceptors (Lipinski definition) is 0. The Bertz CT molecular complexity index is 483. The molecule has 1 heterocycles. The smallest absolute Gasteiger partial charge is 0.0605 e. The molecule has 0 spiro atoms. The van der Waals surface area contributed by atoms with Crippen LogP contribution in [-0.2, 0) is 6.42 Å². The van der Waals surface area contributed by atoms with Crippen molar-refractivity contribution in [2.75, 3.05) is 0 Å². The van der Waals surface area contributed by atoms with Gasteiger partial charge in [-0.2, -0.15) is 0 Å². The van der Waals surface area contributed by atoms with Crippen LogP contribution >= 0.6 is 15.9 Å². The van der Waals surface area contributed by atoms with Gasteiger partial charge in [0.2, 0.25) is 0 Å². The second-order valence-corrected chi connectivity index (χ2v) is 4.45. The summed E-state index contributed by atoms with van der Waals surface area (Å²) in [5.74, 6) is 0. The molecule has 0 aliphatic carbocycles. The molecule has 2 heteroatoms. The molecule has 73 valence electrons.